The van der Waals surface area contributed by atoms with Crippen molar-refractivity contribution in [2.24, 2.45) is 0 Å². The number of aromatic nitrogens is 3. The van der Waals surface area contributed by atoms with Gasteiger partial charge in [0, 0.05) is 13.1 Å². The number of fused-ring (bicyclic) bond motifs is 1. The molecule has 4 nitrogen and oxygen atoms in total. The van der Waals surface area contributed by atoms with E-state index in [0.29, 0.717) is 23.4 Å². The lowest BCUT2D eigenvalue weighted by atomic mass is 10.2. The van der Waals surface area contributed by atoms with Crippen molar-refractivity contribution in [3.63, 3.8) is 0 Å². The maximum Gasteiger partial charge on any atom is 0.225 e. The van der Waals surface area contributed by atoms with Crippen LogP contribution >= 0.6 is 23.2 Å². The third-order valence-electron chi connectivity index (χ3n) is 3.24. The zero-order chi connectivity index (χ0) is 14.3. The first-order chi connectivity index (χ1) is 9.58. The van der Waals surface area contributed by atoms with E-state index in [1.165, 1.54) is 0 Å². The molecule has 0 spiro atoms. The Kier molecular flexibility index (Phi) is 3.48. The van der Waals surface area contributed by atoms with Crippen LogP contribution < -0.4 is 4.90 Å². The van der Waals surface area contributed by atoms with Crippen molar-refractivity contribution in [2.45, 2.75) is 13.3 Å². The molecule has 0 saturated carbocycles. The zero-order valence-electron chi connectivity index (χ0n) is 10.7. The number of pyridine rings is 1. The summed E-state index contributed by atoms with van der Waals surface area (Å²) in [7, 11) is 0. The van der Waals surface area contributed by atoms with Crippen LogP contribution in [0.5, 0.6) is 0 Å². The van der Waals surface area contributed by atoms with Gasteiger partial charge in [-0.05, 0) is 24.9 Å². The number of halogens is 3. The summed E-state index contributed by atoms with van der Waals surface area (Å²) in [5.41, 5.74) is 0.708. The Morgan fingerprint density at radius 2 is 2.00 bits per heavy atom. The van der Waals surface area contributed by atoms with Gasteiger partial charge in [0.05, 0.1) is 11.1 Å². The van der Waals surface area contributed by atoms with Crippen LogP contribution in [0.2, 0.25) is 10.4 Å². The predicted octanol–water partition coefficient (Wildman–Crippen LogP) is 3.55. The number of rotatable bonds is 1. The van der Waals surface area contributed by atoms with Crippen molar-refractivity contribution in [1.29, 1.82) is 0 Å². The molecule has 0 amide bonds. The van der Waals surface area contributed by atoms with E-state index >= 15 is 0 Å². The van der Waals surface area contributed by atoms with E-state index in [9.17, 15) is 4.39 Å². The highest BCUT2D eigenvalue weighted by atomic mass is 35.5. The molecule has 3 heterocycles. The van der Waals surface area contributed by atoms with Crippen molar-refractivity contribution in [1.82, 2.24) is 15.0 Å². The lowest BCUT2D eigenvalue weighted by molar-refractivity contribution is 0.630. The maximum atomic E-state index is 14.1. The summed E-state index contributed by atoms with van der Waals surface area (Å²) in [4.78, 5) is 14.3. The molecule has 0 aromatic carbocycles. The van der Waals surface area contributed by atoms with Crippen LogP contribution in [0, 0.1) is 12.7 Å². The Hall–Kier alpha value is -1.46. The van der Waals surface area contributed by atoms with Crippen LogP contribution in [-0.4, -0.2) is 28.0 Å². The second kappa shape index (κ2) is 5.14. The van der Waals surface area contributed by atoms with E-state index in [2.05, 4.69) is 21.0 Å². The largest absolute Gasteiger partial charge is 0.352 e. The van der Waals surface area contributed by atoms with Gasteiger partial charge in [-0.3, -0.25) is 0 Å². The first-order valence-electron chi connectivity index (χ1n) is 6.16. The van der Waals surface area contributed by atoms with Crippen LogP contribution in [0.15, 0.2) is 12.2 Å². The van der Waals surface area contributed by atoms with Crippen LogP contribution in [0.25, 0.3) is 10.9 Å². The molecular weight excluding hydrogens is 302 g/mol. The fourth-order valence-electron chi connectivity index (χ4n) is 2.33. The van der Waals surface area contributed by atoms with Crippen molar-refractivity contribution in [3.05, 3.63) is 34.1 Å². The van der Waals surface area contributed by atoms with E-state index in [-0.39, 0.29) is 16.0 Å². The molecule has 2 aromatic heterocycles. The van der Waals surface area contributed by atoms with Crippen molar-refractivity contribution in [2.75, 3.05) is 18.0 Å². The molecule has 0 unspecified atom stereocenters. The minimum absolute atomic E-state index is 0.00243. The smallest absolute Gasteiger partial charge is 0.225 e. The Bertz CT molecular complexity index is 717. The van der Waals surface area contributed by atoms with Gasteiger partial charge in [-0.2, -0.15) is 4.98 Å². The highest BCUT2D eigenvalue weighted by molar-refractivity contribution is 6.31. The average molecular weight is 313 g/mol. The summed E-state index contributed by atoms with van der Waals surface area (Å²) >= 11 is 11.7. The number of nitrogens with zero attached hydrogens (tertiary/aromatic N) is 4. The van der Waals surface area contributed by atoms with Crippen LogP contribution in [0.4, 0.5) is 10.2 Å². The molecule has 2 aromatic rings. The highest BCUT2D eigenvalue weighted by Crippen LogP contribution is 2.32. The van der Waals surface area contributed by atoms with Gasteiger partial charge >= 0.3 is 0 Å². The molecule has 7 heteroatoms. The summed E-state index contributed by atoms with van der Waals surface area (Å²) in [5.74, 6) is -0.0599. The molecule has 0 radical (unpaired) electrons. The highest BCUT2D eigenvalue weighted by Gasteiger charge is 2.21. The maximum absolute atomic E-state index is 14.1. The monoisotopic (exact) mass is 312 g/mol. The molecule has 1 aliphatic rings. The van der Waals surface area contributed by atoms with Crippen molar-refractivity contribution in [3.8, 4) is 0 Å². The predicted molar refractivity (Wildman–Crippen MR) is 78.0 cm³/mol. The molecule has 0 saturated heterocycles. The van der Waals surface area contributed by atoms with Crippen LogP contribution in [0.1, 0.15) is 12.1 Å². The Labute approximate surface area is 125 Å². The fraction of sp³-hybridized carbons (Fsp3) is 0.308. The topological polar surface area (TPSA) is 41.9 Å². The molecule has 0 bridgehead atoms. The second-order valence-electron chi connectivity index (χ2n) is 4.55. The normalized spacial score (nSPS) is 15.1. The summed E-state index contributed by atoms with van der Waals surface area (Å²) in [6.45, 7) is 3.25. The third-order valence-corrected chi connectivity index (χ3v) is 3.66. The van der Waals surface area contributed by atoms with Gasteiger partial charge in [0.2, 0.25) is 5.28 Å². The quantitative estimate of drug-likeness (QED) is 0.459. The molecule has 0 aliphatic carbocycles. The Morgan fingerprint density at radius 3 is 2.70 bits per heavy atom. The van der Waals surface area contributed by atoms with Gasteiger partial charge in [-0.25, -0.2) is 14.4 Å². The molecule has 104 valence electrons. The number of aryl methyl sites for hydroxylation is 1. The number of hydrogen-bond acceptors (Lipinski definition) is 4. The summed E-state index contributed by atoms with van der Waals surface area (Å²) in [6.07, 6.45) is 5.05. The minimum atomic E-state index is -0.662. The molecule has 0 fully saturated rings. The minimum Gasteiger partial charge on any atom is -0.352 e. The molecule has 0 atom stereocenters. The van der Waals surface area contributed by atoms with Gasteiger partial charge in [-0.1, -0.05) is 23.8 Å². The molecule has 0 N–H and O–H groups in total. The van der Waals surface area contributed by atoms with Crippen molar-refractivity contribution >= 4 is 39.9 Å². The molecule has 20 heavy (non-hydrogen) atoms. The summed E-state index contributed by atoms with van der Waals surface area (Å²) in [6, 6.07) is 0. The molecule has 1 aliphatic heterocycles. The fourth-order valence-corrected chi connectivity index (χ4v) is 2.71. The van der Waals surface area contributed by atoms with E-state index in [1.54, 1.807) is 6.92 Å². The van der Waals surface area contributed by atoms with Crippen LogP contribution in [0.3, 0.4) is 0 Å². The zero-order valence-corrected chi connectivity index (χ0v) is 12.2. The first-order valence-corrected chi connectivity index (χ1v) is 6.92. The Morgan fingerprint density at radius 1 is 1.20 bits per heavy atom. The van der Waals surface area contributed by atoms with E-state index < -0.39 is 5.82 Å². The Balaban J connectivity index is 2.31. The van der Waals surface area contributed by atoms with Crippen molar-refractivity contribution < 1.29 is 4.39 Å². The van der Waals surface area contributed by atoms with Gasteiger partial charge in [-0.15, -0.1) is 0 Å². The van der Waals surface area contributed by atoms with Gasteiger partial charge in [0.15, 0.2) is 11.0 Å². The lowest BCUT2D eigenvalue weighted by Crippen LogP contribution is -2.28. The lowest BCUT2D eigenvalue weighted by Gasteiger charge is -2.26. The van der Waals surface area contributed by atoms with E-state index in [4.69, 9.17) is 23.2 Å². The van der Waals surface area contributed by atoms with Gasteiger partial charge < -0.3 is 4.90 Å². The standard InChI is InChI=1S/C13H11Cl2FN4/c1-7-8-10(9(16)11(14)17-7)18-13(15)19-12(8)20-5-3-2-4-6-20/h2-3H,4-6H2,1H3. The number of anilines is 1. The van der Waals surface area contributed by atoms with E-state index in [1.807, 2.05) is 11.0 Å². The average Bonchev–Trinajstić information content (AvgIpc) is 2.45. The first kappa shape index (κ1) is 13.5. The summed E-state index contributed by atoms with van der Waals surface area (Å²) in [5, 5.41) is 0.364. The molecule has 3 rings (SSSR count). The SMILES string of the molecule is Cc1nc(Cl)c(F)c2nc(Cl)nc(N3CC=CCC3)c12. The van der Waals surface area contributed by atoms with Gasteiger partial charge in [0.25, 0.3) is 0 Å². The molecular formula is C13H11Cl2FN4. The number of hydrogen-bond donors (Lipinski definition) is 0. The van der Waals surface area contributed by atoms with Gasteiger partial charge in [0.1, 0.15) is 11.3 Å². The van der Waals surface area contributed by atoms with Crippen LogP contribution in [-0.2, 0) is 0 Å². The summed E-state index contributed by atoms with van der Waals surface area (Å²) < 4.78 is 14.1. The second-order valence-corrected chi connectivity index (χ2v) is 5.24. The van der Waals surface area contributed by atoms with E-state index in [0.717, 1.165) is 13.0 Å². The third kappa shape index (κ3) is 2.21.